The van der Waals surface area contributed by atoms with E-state index >= 15 is 0 Å². The number of fused-ring (bicyclic) bond motifs is 1. The Hall–Kier alpha value is -3.84. The van der Waals surface area contributed by atoms with Gasteiger partial charge in [-0.2, -0.15) is 0 Å². The molecule has 0 bridgehead atoms. The molecule has 5 rings (SSSR count). The van der Waals surface area contributed by atoms with E-state index in [-0.39, 0.29) is 41.2 Å². The number of hydrogen-bond donors (Lipinski definition) is 1. The number of ether oxygens (including phenoxy) is 1. The van der Waals surface area contributed by atoms with E-state index < -0.39 is 9.84 Å². The number of methoxy groups -OCH3 is 1. The van der Waals surface area contributed by atoms with Gasteiger partial charge < -0.3 is 10.1 Å². The molecule has 1 aliphatic carbocycles. The summed E-state index contributed by atoms with van der Waals surface area (Å²) in [5.41, 5.74) is 3.67. The molecule has 0 aromatic carbocycles. The van der Waals surface area contributed by atoms with Crippen molar-refractivity contribution >= 4 is 26.8 Å². The molecule has 0 aliphatic heterocycles. The monoisotopic (exact) mass is 564 g/mol. The Labute approximate surface area is 232 Å². The van der Waals surface area contributed by atoms with Gasteiger partial charge in [0.25, 0.3) is 5.56 Å². The van der Waals surface area contributed by atoms with Gasteiger partial charge in [-0.15, -0.1) is 0 Å². The first kappa shape index (κ1) is 27.7. The summed E-state index contributed by atoms with van der Waals surface area (Å²) in [6.07, 6.45) is 7.37. The van der Waals surface area contributed by atoms with Crippen molar-refractivity contribution in [3.05, 3.63) is 58.3 Å². The highest BCUT2D eigenvalue weighted by molar-refractivity contribution is 7.91. The van der Waals surface area contributed by atoms with Crippen LogP contribution in [0, 0.1) is 0 Å². The Morgan fingerprint density at radius 3 is 2.55 bits per heavy atom. The first-order valence-electron chi connectivity index (χ1n) is 13.3. The quantitative estimate of drug-likeness (QED) is 0.286. The van der Waals surface area contributed by atoms with Crippen LogP contribution >= 0.6 is 0 Å². The van der Waals surface area contributed by atoms with Gasteiger partial charge in [0.15, 0.2) is 27.1 Å². The minimum atomic E-state index is -3.35. The van der Waals surface area contributed by atoms with Crippen LogP contribution in [0.3, 0.4) is 0 Å². The van der Waals surface area contributed by atoms with E-state index in [4.69, 9.17) is 9.72 Å². The summed E-state index contributed by atoms with van der Waals surface area (Å²) < 4.78 is 31.1. The molecule has 210 valence electrons. The van der Waals surface area contributed by atoms with Crippen molar-refractivity contribution in [2.45, 2.75) is 63.4 Å². The highest BCUT2D eigenvalue weighted by Crippen LogP contribution is 2.43. The molecule has 40 heavy (non-hydrogen) atoms. The summed E-state index contributed by atoms with van der Waals surface area (Å²) in [7, 11) is -1.77. The zero-order valence-corrected chi connectivity index (χ0v) is 23.8. The number of pyridine rings is 1. The molecule has 1 N–H and O–H groups in total. The Bertz CT molecular complexity index is 1700. The highest BCUT2D eigenvalue weighted by Gasteiger charge is 2.31. The third-order valence-corrected chi connectivity index (χ3v) is 8.65. The molecule has 1 saturated carbocycles. The van der Waals surface area contributed by atoms with Crippen molar-refractivity contribution in [1.29, 1.82) is 0 Å². The fraction of sp³-hybridized carbons (Fsp3) is 0.444. The van der Waals surface area contributed by atoms with Crippen LogP contribution in [0.15, 0.2) is 40.5 Å². The molecule has 4 aromatic rings. The predicted molar refractivity (Wildman–Crippen MR) is 150 cm³/mol. The Morgan fingerprint density at radius 1 is 1.10 bits per heavy atom. The third kappa shape index (κ3) is 5.43. The van der Waals surface area contributed by atoms with Gasteiger partial charge in [0.2, 0.25) is 0 Å². The fourth-order valence-electron chi connectivity index (χ4n) is 4.62. The van der Waals surface area contributed by atoms with Gasteiger partial charge in [0.05, 0.1) is 58.7 Å². The SMILES string of the molecule is CCc1ncnc(C2CC2)c1-c1ncc2nc(NCc3ccc(S(=O)(=O)CC)cn3)c(=O)n(C(C)COC)c2n1. The van der Waals surface area contributed by atoms with Gasteiger partial charge in [-0.25, -0.2) is 33.3 Å². The molecule has 0 radical (unpaired) electrons. The number of nitrogens with one attached hydrogen (secondary N) is 1. The predicted octanol–water partition coefficient (Wildman–Crippen LogP) is 3.09. The summed E-state index contributed by atoms with van der Waals surface area (Å²) in [4.78, 5) is 41.2. The molecule has 0 saturated heterocycles. The Kier molecular flexibility index (Phi) is 7.86. The van der Waals surface area contributed by atoms with E-state index in [1.54, 1.807) is 37.2 Å². The average Bonchev–Trinajstić information content (AvgIpc) is 3.81. The maximum atomic E-state index is 13.7. The lowest BCUT2D eigenvalue weighted by atomic mass is 10.1. The topological polar surface area (TPSA) is 155 Å². The summed E-state index contributed by atoms with van der Waals surface area (Å²) >= 11 is 0. The van der Waals surface area contributed by atoms with Crippen molar-refractivity contribution in [3.63, 3.8) is 0 Å². The molecular weight excluding hydrogens is 532 g/mol. The summed E-state index contributed by atoms with van der Waals surface area (Å²) in [6, 6.07) is 2.78. The van der Waals surface area contributed by atoms with Gasteiger partial charge in [-0.1, -0.05) is 13.8 Å². The smallest absolute Gasteiger partial charge is 0.295 e. The summed E-state index contributed by atoms with van der Waals surface area (Å²) in [5.74, 6) is 0.940. The standard InChI is InChI=1S/C27H32N8O4S/c1-5-20-22(23(17-7-8-17)32-15-31-20)24-30-13-21-26(34-24)35(16(3)14-39-4)27(36)25(33-21)29-11-18-9-10-19(12-28-18)40(37,38)6-2/h9-10,12-13,15-17H,5-8,11,14H2,1-4H3,(H,29,33). The van der Waals surface area contributed by atoms with Crippen molar-refractivity contribution in [3.8, 4) is 11.4 Å². The zero-order chi connectivity index (χ0) is 28.4. The van der Waals surface area contributed by atoms with Crippen LogP contribution in [-0.4, -0.2) is 62.4 Å². The molecule has 1 atom stereocenters. The minimum Gasteiger partial charge on any atom is -0.383 e. The third-order valence-electron chi connectivity index (χ3n) is 6.93. The molecule has 0 amide bonds. The van der Waals surface area contributed by atoms with Gasteiger partial charge in [0, 0.05) is 19.2 Å². The van der Waals surface area contributed by atoms with E-state index in [0.29, 0.717) is 35.0 Å². The molecule has 0 spiro atoms. The van der Waals surface area contributed by atoms with Crippen LogP contribution < -0.4 is 10.9 Å². The van der Waals surface area contributed by atoms with Gasteiger partial charge >= 0.3 is 0 Å². The van der Waals surface area contributed by atoms with Crippen LogP contribution in [0.25, 0.3) is 22.6 Å². The molecule has 13 heteroatoms. The van der Waals surface area contributed by atoms with E-state index in [1.807, 2.05) is 13.8 Å². The number of rotatable bonds is 11. The van der Waals surface area contributed by atoms with E-state index in [9.17, 15) is 13.2 Å². The maximum absolute atomic E-state index is 13.7. The van der Waals surface area contributed by atoms with E-state index in [1.165, 1.54) is 12.3 Å². The van der Waals surface area contributed by atoms with Crippen LogP contribution in [0.2, 0.25) is 0 Å². The van der Waals surface area contributed by atoms with Crippen molar-refractivity contribution in [1.82, 2.24) is 34.5 Å². The lowest BCUT2D eigenvalue weighted by molar-refractivity contribution is 0.162. The minimum absolute atomic E-state index is 0.00474. The summed E-state index contributed by atoms with van der Waals surface area (Å²) in [5, 5.41) is 3.06. The lowest BCUT2D eigenvalue weighted by Gasteiger charge is -2.19. The van der Waals surface area contributed by atoms with Gasteiger partial charge in [-0.05, 0) is 38.3 Å². The molecule has 1 aliphatic rings. The lowest BCUT2D eigenvalue weighted by Crippen LogP contribution is -2.30. The second kappa shape index (κ2) is 11.3. The second-order valence-electron chi connectivity index (χ2n) is 9.79. The van der Waals surface area contributed by atoms with E-state index in [0.717, 1.165) is 29.8 Å². The van der Waals surface area contributed by atoms with E-state index in [2.05, 4.69) is 30.2 Å². The largest absolute Gasteiger partial charge is 0.383 e. The van der Waals surface area contributed by atoms with Crippen molar-refractivity contribution in [2.24, 2.45) is 0 Å². The second-order valence-corrected chi connectivity index (χ2v) is 12.1. The number of aryl methyl sites for hydroxylation is 1. The number of sulfone groups is 1. The molecule has 1 fully saturated rings. The fourth-order valence-corrected chi connectivity index (χ4v) is 5.44. The first-order chi connectivity index (χ1) is 19.3. The Morgan fingerprint density at radius 2 is 1.90 bits per heavy atom. The van der Waals surface area contributed by atoms with Crippen molar-refractivity contribution in [2.75, 3.05) is 24.8 Å². The first-order valence-corrected chi connectivity index (χ1v) is 15.0. The molecular formula is C27H32N8O4S. The number of anilines is 1. The number of nitrogens with zero attached hydrogens (tertiary/aromatic N) is 7. The molecule has 4 aromatic heterocycles. The zero-order valence-electron chi connectivity index (χ0n) is 23.0. The van der Waals surface area contributed by atoms with Gasteiger partial charge in [-0.3, -0.25) is 14.3 Å². The Balaban J connectivity index is 1.55. The average molecular weight is 565 g/mol. The normalized spacial score (nSPS) is 14.4. The van der Waals surface area contributed by atoms with Crippen LogP contribution in [0.4, 0.5) is 5.82 Å². The number of hydrogen-bond acceptors (Lipinski definition) is 11. The number of aromatic nitrogens is 7. The molecule has 4 heterocycles. The van der Waals surface area contributed by atoms with Crippen LogP contribution in [0.1, 0.15) is 62.7 Å². The highest BCUT2D eigenvalue weighted by atomic mass is 32.2. The maximum Gasteiger partial charge on any atom is 0.295 e. The van der Waals surface area contributed by atoms with Crippen LogP contribution in [-0.2, 0) is 27.5 Å². The molecule has 12 nitrogen and oxygen atoms in total. The van der Waals surface area contributed by atoms with Crippen molar-refractivity contribution < 1.29 is 13.2 Å². The summed E-state index contributed by atoms with van der Waals surface area (Å²) in [6.45, 7) is 5.95. The molecule has 1 unspecified atom stereocenters. The van der Waals surface area contributed by atoms with Gasteiger partial charge in [0.1, 0.15) is 11.8 Å². The van der Waals surface area contributed by atoms with Crippen LogP contribution in [0.5, 0.6) is 0 Å².